The fourth-order valence-electron chi connectivity index (χ4n) is 5.09. The number of hydrogen-bond acceptors (Lipinski definition) is 5. The zero-order valence-electron chi connectivity index (χ0n) is 23.1. The second kappa shape index (κ2) is 12.2. The maximum absolute atomic E-state index is 11.8. The molecule has 5 nitrogen and oxygen atoms in total. The van der Waals surface area contributed by atoms with Crippen molar-refractivity contribution in [1.82, 2.24) is 0 Å². The van der Waals surface area contributed by atoms with Gasteiger partial charge in [-0.1, -0.05) is 116 Å². The number of carbonyl (C=O) groups is 1. The van der Waals surface area contributed by atoms with E-state index in [-0.39, 0.29) is 6.61 Å². The van der Waals surface area contributed by atoms with Gasteiger partial charge in [0.15, 0.2) is 0 Å². The van der Waals surface area contributed by atoms with Gasteiger partial charge in [-0.3, -0.25) is 0 Å². The Bertz CT molecular complexity index is 1670. The zero-order chi connectivity index (χ0) is 28.8. The number of ether oxygens (including phenoxy) is 1. The highest BCUT2D eigenvalue weighted by molar-refractivity contribution is 6.63. The van der Waals surface area contributed by atoms with Crippen molar-refractivity contribution in [2.45, 2.75) is 12.5 Å². The fraction of sp³-hybridized carbons (Fsp3) is 0.0833. The summed E-state index contributed by atoms with van der Waals surface area (Å²) in [5, 5.41) is 6.02. The van der Waals surface area contributed by atoms with Gasteiger partial charge >= 0.3 is 14.8 Å². The molecular weight excluding hydrogens is 540 g/mol. The Labute approximate surface area is 245 Å². The molecule has 0 saturated carbocycles. The molecule has 6 heteroatoms. The summed E-state index contributed by atoms with van der Waals surface area (Å²) < 4.78 is 26.3. The van der Waals surface area contributed by atoms with Crippen LogP contribution in [0.3, 0.4) is 0 Å². The molecule has 0 heterocycles. The van der Waals surface area contributed by atoms with E-state index >= 15 is 0 Å². The van der Waals surface area contributed by atoms with Gasteiger partial charge in [-0.2, -0.15) is 0 Å². The third kappa shape index (κ3) is 5.85. The first kappa shape index (κ1) is 27.1. The molecule has 0 atom stereocenters. The Balaban J connectivity index is 1.49. The number of carbonyl (C=O) groups excluding carboxylic acids is 1. The van der Waals surface area contributed by atoms with E-state index in [9.17, 15) is 4.79 Å². The van der Waals surface area contributed by atoms with Crippen LogP contribution in [0.1, 0.15) is 6.42 Å². The van der Waals surface area contributed by atoms with Gasteiger partial charge in [0.1, 0.15) is 17.2 Å². The van der Waals surface area contributed by atoms with E-state index in [0.717, 1.165) is 38.4 Å². The third-order valence-corrected chi connectivity index (χ3v) is 9.64. The summed E-state index contributed by atoms with van der Waals surface area (Å²) in [7, 11) is -3.67. The van der Waals surface area contributed by atoms with E-state index in [1.165, 1.54) is 0 Å². The highest BCUT2D eigenvalue weighted by Crippen LogP contribution is 2.36. The van der Waals surface area contributed by atoms with Crippen LogP contribution in [0.5, 0.6) is 17.2 Å². The Morgan fingerprint density at radius 1 is 0.571 bits per heavy atom. The van der Waals surface area contributed by atoms with E-state index in [1.807, 2.05) is 91.0 Å². The molecule has 6 aromatic carbocycles. The highest BCUT2D eigenvalue weighted by atomic mass is 28.4. The molecular formula is C36H30O5Si. The molecule has 0 spiro atoms. The topological polar surface area (TPSA) is 54.0 Å². The summed E-state index contributed by atoms with van der Waals surface area (Å²) >= 11 is 0. The molecule has 0 amide bonds. The average Bonchev–Trinajstić information content (AvgIpc) is 3.03. The van der Waals surface area contributed by atoms with Gasteiger partial charge in [-0.05, 0) is 40.8 Å². The summed E-state index contributed by atoms with van der Waals surface area (Å²) in [6.45, 7) is 3.68. The van der Waals surface area contributed by atoms with Crippen LogP contribution in [0.4, 0.5) is 0 Å². The van der Waals surface area contributed by atoms with Gasteiger partial charge in [0.2, 0.25) is 0 Å². The minimum atomic E-state index is -3.67. The van der Waals surface area contributed by atoms with Gasteiger partial charge < -0.3 is 18.0 Å². The van der Waals surface area contributed by atoms with Gasteiger partial charge in [0.25, 0.3) is 0 Å². The lowest BCUT2D eigenvalue weighted by molar-refractivity contribution is -0.137. The Hall–Kier alpha value is -5.07. The second-order valence-electron chi connectivity index (χ2n) is 9.90. The maximum atomic E-state index is 11.8. The molecule has 0 fully saturated rings. The highest BCUT2D eigenvalue weighted by Gasteiger charge is 2.49. The molecule has 42 heavy (non-hydrogen) atoms. The Morgan fingerprint density at radius 3 is 1.36 bits per heavy atom. The van der Waals surface area contributed by atoms with Crippen molar-refractivity contribution in [1.29, 1.82) is 0 Å². The fourth-order valence-corrected chi connectivity index (χ4v) is 7.64. The minimum Gasteiger partial charge on any atom is -0.483 e. The molecule has 0 saturated heterocycles. The summed E-state index contributed by atoms with van der Waals surface area (Å²) in [6.07, 6.45) is 1.63. The number of esters is 1. The molecule has 0 unspecified atom stereocenters. The summed E-state index contributed by atoms with van der Waals surface area (Å²) in [6, 6.07) is 42.5. The van der Waals surface area contributed by atoms with Crippen LogP contribution >= 0.6 is 0 Å². The molecule has 0 bridgehead atoms. The largest absolute Gasteiger partial charge is 0.699 e. The first-order valence-electron chi connectivity index (χ1n) is 13.9. The van der Waals surface area contributed by atoms with Crippen molar-refractivity contribution >= 4 is 47.1 Å². The van der Waals surface area contributed by atoms with E-state index in [1.54, 1.807) is 0 Å². The number of hydrogen-bond donors (Lipinski definition) is 0. The first-order valence-corrected chi connectivity index (χ1v) is 15.9. The van der Waals surface area contributed by atoms with Crippen LogP contribution in [0.15, 0.2) is 140 Å². The van der Waals surface area contributed by atoms with Crippen molar-refractivity contribution in [3.63, 3.8) is 0 Å². The normalized spacial score (nSPS) is 11.3. The molecule has 6 aromatic rings. The minimum absolute atomic E-state index is 0.177. The van der Waals surface area contributed by atoms with Gasteiger partial charge in [-0.15, -0.1) is 0 Å². The van der Waals surface area contributed by atoms with E-state index in [0.29, 0.717) is 29.7 Å². The lowest BCUT2D eigenvalue weighted by atomic mass is 10.1. The number of fused-ring (bicyclic) bond motifs is 3. The van der Waals surface area contributed by atoms with E-state index in [4.69, 9.17) is 18.0 Å². The summed E-state index contributed by atoms with van der Waals surface area (Å²) in [5.74, 6) is 1.54. The summed E-state index contributed by atoms with van der Waals surface area (Å²) in [4.78, 5) is 11.8. The van der Waals surface area contributed by atoms with Crippen molar-refractivity contribution in [3.8, 4) is 17.2 Å². The third-order valence-electron chi connectivity index (χ3n) is 7.08. The number of benzene rings is 6. The Kier molecular flexibility index (Phi) is 7.88. The molecule has 6 rings (SSSR count). The monoisotopic (exact) mass is 570 g/mol. The van der Waals surface area contributed by atoms with Gasteiger partial charge in [0.05, 0.1) is 12.7 Å². The van der Waals surface area contributed by atoms with Crippen LogP contribution in [0, 0.1) is 0 Å². The second-order valence-corrected chi connectivity index (χ2v) is 12.4. The molecule has 0 aromatic heterocycles. The van der Waals surface area contributed by atoms with Crippen molar-refractivity contribution in [2.75, 3.05) is 6.61 Å². The standard InChI is InChI=1S/C36H30O5Si/c1-2-36(37)38-25-12-26-42(39-33-22-9-16-27-13-3-6-19-30(27)33,40-34-23-10-17-28-14-4-7-20-31(28)34)41-35-24-11-18-29-15-5-8-21-32(29)35/h2-11,13-24H,1,12,25-26H2. The van der Waals surface area contributed by atoms with Gasteiger partial charge in [-0.25, -0.2) is 4.79 Å². The molecule has 0 aliphatic rings. The quantitative estimate of drug-likeness (QED) is 0.0675. The molecule has 0 radical (unpaired) electrons. The Morgan fingerprint density at radius 2 is 0.952 bits per heavy atom. The lowest BCUT2D eigenvalue weighted by Crippen LogP contribution is -2.55. The van der Waals surface area contributed by atoms with Crippen molar-refractivity contribution in [3.05, 3.63) is 140 Å². The van der Waals surface area contributed by atoms with Crippen LogP contribution in [-0.2, 0) is 9.53 Å². The SMILES string of the molecule is C=CC(=O)OCCC[Si](Oc1cccc2ccccc12)(Oc1cccc2ccccc12)Oc1cccc2ccccc12. The smallest absolute Gasteiger partial charge is 0.483 e. The van der Waals surface area contributed by atoms with E-state index < -0.39 is 14.8 Å². The average molecular weight is 571 g/mol. The molecule has 0 aliphatic heterocycles. The molecule has 208 valence electrons. The van der Waals surface area contributed by atoms with Crippen LogP contribution < -0.4 is 13.3 Å². The predicted molar refractivity (Wildman–Crippen MR) is 170 cm³/mol. The zero-order valence-corrected chi connectivity index (χ0v) is 24.1. The first-order chi connectivity index (χ1) is 20.6. The lowest BCUT2D eigenvalue weighted by Gasteiger charge is -2.31. The van der Waals surface area contributed by atoms with Crippen LogP contribution in [-0.4, -0.2) is 21.4 Å². The van der Waals surface area contributed by atoms with Gasteiger partial charge in [0, 0.05) is 22.2 Å². The van der Waals surface area contributed by atoms with Crippen molar-refractivity contribution < 1.29 is 22.8 Å². The number of rotatable bonds is 11. The van der Waals surface area contributed by atoms with E-state index in [2.05, 4.69) is 43.0 Å². The van der Waals surface area contributed by atoms with Crippen molar-refractivity contribution in [2.24, 2.45) is 0 Å². The molecule has 0 N–H and O–H groups in total. The summed E-state index contributed by atoms with van der Waals surface area (Å²) in [5.41, 5.74) is 0. The predicted octanol–water partition coefficient (Wildman–Crippen LogP) is 8.74. The van der Waals surface area contributed by atoms with Crippen LogP contribution in [0.25, 0.3) is 32.3 Å². The maximum Gasteiger partial charge on any atom is 0.699 e. The molecule has 0 aliphatic carbocycles. The van der Waals surface area contributed by atoms with Crippen LogP contribution in [0.2, 0.25) is 6.04 Å².